The summed E-state index contributed by atoms with van der Waals surface area (Å²) in [6.45, 7) is 3.98. The summed E-state index contributed by atoms with van der Waals surface area (Å²) in [5.74, 6) is -3.25. The highest BCUT2D eigenvalue weighted by atomic mass is 16.3. The highest BCUT2D eigenvalue weighted by molar-refractivity contribution is 5.95. The molecule has 12 heteroatoms. The molecule has 0 unspecified atom stereocenters. The number of aromatic nitrogens is 1. The molecule has 0 fully saturated rings. The maximum absolute atomic E-state index is 14.3. The Morgan fingerprint density at radius 3 is 2.17 bits per heavy atom. The molecule has 4 rings (SSSR count). The summed E-state index contributed by atoms with van der Waals surface area (Å²) in [6.07, 6.45) is 4.44. The summed E-state index contributed by atoms with van der Waals surface area (Å²) < 4.78 is 0. The van der Waals surface area contributed by atoms with Crippen molar-refractivity contribution in [2.75, 3.05) is 6.54 Å². The van der Waals surface area contributed by atoms with Gasteiger partial charge in [-0.1, -0.05) is 48.5 Å². The number of fused-ring (bicyclic) bond motifs is 1. The Bertz CT molecular complexity index is 1880. The molecule has 282 valence electrons. The minimum atomic E-state index is -1.01. The van der Waals surface area contributed by atoms with Crippen LogP contribution in [0.3, 0.4) is 0 Å². The van der Waals surface area contributed by atoms with E-state index in [1.807, 2.05) is 74.6 Å². The molecular weight excluding hydrogens is 670 g/mol. The third-order valence-corrected chi connectivity index (χ3v) is 9.85. The number of phenolic OH excluding ortho intramolecular Hbond substituents is 1. The molecule has 53 heavy (non-hydrogen) atoms. The molecule has 0 spiro atoms. The van der Waals surface area contributed by atoms with Crippen molar-refractivity contribution < 1.29 is 24.3 Å². The number of primary amides is 1. The molecule has 11 N–H and O–H groups in total. The number of hydrogen-bond acceptors (Lipinski definition) is 7. The zero-order valence-corrected chi connectivity index (χ0v) is 30.6. The Balaban J connectivity index is 1.59. The van der Waals surface area contributed by atoms with E-state index in [1.165, 1.54) is 0 Å². The topological polar surface area (TPSA) is 233 Å². The number of nitrogens with zero attached hydrogens (tertiary/aromatic N) is 1. The van der Waals surface area contributed by atoms with Crippen molar-refractivity contribution >= 4 is 40.2 Å². The van der Waals surface area contributed by atoms with E-state index < -0.39 is 35.7 Å². The van der Waals surface area contributed by atoms with Crippen molar-refractivity contribution in [2.24, 2.45) is 39.8 Å². The first-order chi connectivity index (χ1) is 25.3. The second-order valence-electron chi connectivity index (χ2n) is 14.0. The smallest absolute Gasteiger partial charge is 0.224 e. The van der Waals surface area contributed by atoms with Crippen molar-refractivity contribution in [1.29, 1.82) is 0 Å². The molecule has 3 aromatic carbocycles. The Kier molecular flexibility index (Phi) is 14.7. The van der Waals surface area contributed by atoms with Crippen LogP contribution in [0.5, 0.6) is 5.75 Å². The van der Waals surface area contributed by atoms with Crippen LogP contribution in [-0.2, 0) is 38.4 Å². The lowest BCUT2D eigenvalue weighted by Gasteiger charge is -2.25. The van der Waals surface area contributed by atoms with Gasteiger partial charge in [0.1, 0.15) is 11.5 Å². The normalized spacial score (nSPS) is 13.5. The van der Waals surface area contributed by atoms with Crippen LogP contribution in [-0.4, -0.2) is 58.1 Å². The maximum atomic E-state index is 14.3. The van der Waals surface area contributed by atoms with Gasteiger partial charge in [0.15, 0.2) is 11.7 Å². The third kappa shape index (κ3) is 12.0. The minimum Gasteiger partial charge on any atom is -0.508 e. The number of Topliss-reactive ketones (excluding diaryl/α,β-unsaturated/α-hetero) is 2. The maximum Gasteiger partial charge on any atom is 0.224 e. The predicted molar refractivity (Wildman–Crippen MR) is 208 cm³/mol. The second kappa shape index (κ2) is 19.4. The summed E-state index contributed by atoms with van der Waals surface area (Å²) in [4.78, 5) is 61.8. The van der Waals surface area contributed by atoms with Crippen LogP contribution in [0.2, 0.25) is 0 Å². The van der Waals surface area contributed by atoms with Gasteiger partial charge in [0.05, 0.1) is 12.1 Å². The van der Waals surface area contributed by atoms with Gasteiger partial charge in [0.2, 0.25) is 11.8 Å². The quantitative estimate of drug-likeness (QED) is 0.0379. The van der Waals surface area contributed by atoms with Crippen LogP contribution in [0.1, 0.15) is 66.3 Å². The highest BCUT2D eigenvalue weighted by Gasteiger charge is 2.32. The van der Waals surface area contributed by atoms with Gasteiger partial charge in [-0.05, 0) is 98.4 Å². The standard InChI is InChI=1S/C41H53N7O5/c1-25-18-31(49)19-26(2)33(25)20-29(23-37(50)34(42)15-9-17-46-41(44)45)40(53)48-36(21-30-24-47-35-16-7-6-14-32(30)35)38(51)22-28(39(43)52)13-8-12-27-10-4-3-5-11-27/h3-7,10-11,14,16,18-19,24,28-29,34,36,47,49H,8-9,12-13,15,17,20-23,42H2,1-2H3,(H2,43,52)(H,48,53)(H4,44,45,46)/t28-,29-,34-,36+/m1/s1. The second-order valence-corrected chi connectivity index (χ2v) is 14.0. The number of hydrogen-bond donors (Lipinski definition) is 7. The van der Waals surface area contributed by atoms with Crippen LogP contribution in [0, 0.1) is 25.7 Å². The Labute approximate surface area is 310 Å². The number of ketones is 2. The lowest BCUT2D eigenvalue weighted by atomic mass is 9.86. The van der Waals surface area contributed by atoms with Crippen LogP contribution in [0.25, 0.3) is 10.9 Å². The number of rotatable bonds is 21. The number of aliphatic imine (C=N–C) groups is 1. The lowest BCUT2D eigenvalue weighted by Crippen LogP contribution is -2.47. The first kappa shape index (κ1) is 40.3. The molecule has 2 amide bonds. The van der Waals surface area contributed by atoms with Gasteiger partial charge in [0.25, 0.3) is 0 Å². The van der Waals surface area contributed by atoms with Crippen molar-refractivity contribution in [1.82, 2.24) is 10.3 Å². The molecule has 0 saturated heterocycles. The SMILES string of the molecule is Cc1cc(O)cc(C)c1C[C@H](CC(=O)[C@H](N)CCCN=C(N)N)C(=O)N[C@@H](Cc1c[nH]c2ccccc12)C(=O)C[C@@H](CCCc1ccccc1)C(N)=O. The Hall–Kier alpha value is -5.49. The summed E-state index contributed by atoms with van der Waals surface area (Å²) >= 11 is 0. The number of para-hydroxylation sites is 1. The number of aromatic hydroxyl groups is 1. The third-order valence-electron chi connectivity index (χ3n) is 9.85. The number of carbonyl (C=O) groups excluding carboxylic acids is 4. The zero-order valence-electron chi connectivity index (χ0n) is 30.6. The van der Waals surface area contributed by atoms with Gasteiger partial charge in [-0.2, -0.15) is 0 Å². The number of benzene rings is 3. The molecule has 1 heterocycles. The molecule has 0 bridgehead atoms. The van der Waals surface area contributed by atoms with Crippen LogP contribution < -0.4 is 28.3 Å². The summed E-state index contributed by atoms with van der Waals surface area (Å²) in [6, 6.07) is 18.9. The van der Waals surface area contributed by atoms with E-state index in [0.717, 1.165) is 45.1 Å². The van der Waals surface area contributed by atoms with Gasteiger partial charge in [-0.3, -0.25) is 24.2 Å². The summed E-state index contributed by atoms with van der Waals surface area (Å²) in [7, 11) is 0. The van der Waals surface area contributed by atoms with Crippen molar-refractivity contribution in [3.05, 3.63) is 101 Å². The van der Waals surface area contributed by atoms with E-state index >= 15 is 0 Å². The highest BCUT2D eigenvalue weighted by Crippen LogP contribution is 2.26. The summed E-state index contributed by atoms with van der Waals surface area (Å²) in [5.41, 5.74) is 28.1. The average Bonchev–Trinajstić information content (AvgIpc) is 3.52. The zero-order chi connectivity index (χ0) is 38.5. The number of phenols is 1. The molecule has 4 atom stereocenters. The van der Waals surface area contributed by atoms with Gasteiger partial charge in [-0.25, -0.2) is 0 Å². The molecule has 0 saturated carbocycles. The van der Waals surface area contributed by atoms with E-state index in [1.54, 1.807) is 12.1 Å². The fourth-order valence-corrected chi connectivity index (χ4v) is 6.85. The van der Waals surface area contributed by atoms with E-state index in [0.29, 0.717) is 32.2 Å². The minimum absolute atomic E-state index is 0.0488. The molecule has 12 nitrogen and oxygen atoms in total. The molecule has 0 aliphatic heterocycles. The number of amides is 2. The number of guanidine groups is 1. The van der Waals surface area contributed by atoms with Crippen molar-refractivity contribution in [3.63, 3.8) is 0 Å². The molecule has 0 aliphatic carbocycles. The van der Waals surface area contributed by atoms with Crippen LogP contribution in [0.15, 0.2) is 77.9 Å². The van der Waals surface area contributed by atoms with Gasteiger partial charge in [-0.15, -0.1) is 0 Å². The number of aromatic amines is 1. The monoisotopic (exact) mass is 723 g/mol. The first-order valence-corrected chi connectivity index (χ1v) is 18.2. The molecule has 1 aromatic heterocycles. The number of aryl methyl sites for hydroxylation is 3. The molecular formula is C41H53N7O5. The van der Waals surface area contributed by atoms with Crippen LogP contribution >= 0.6 is 0 Å². The number of H-pyrrole nitrogens is 1. The molecule has 4 aromatic rings. The molecule has 0 radical (unpaired) electrons. The van der Waals surface area contributed by atoms with E-state index in [-0.39, 0.29) is 49.0 Å². The lowest BCUT2D eigenvalue weighted by molar-refractivity contribution is -0.133. The molecule has 0 aliphatic rings. The van der Waals surface area contributed by atoms with Crippen molar-refractivity contribution in [2.45, 2.75) is 83.7 Å². The fraction of sp³-hybridized carbons (Fsp3) is 0.390. The summed E-state index contributed by atoms with van der Waals surface area (Å²) in [5, 5.41) is 14.1. The van der Waals surface area contributed by atoms with E-state index in [2.05, 4.69) is 15.3 Å². The van der Waals surface area contributed by atoms with E-state index in [4.69, 9.17) is 22.9 Å². The first-order valence-electron chi connectivity index (χ1n) is 18.2. The van der Waals surface area contributed by atoms with Crippen molar-refractivity contribution in [3.8, 4) is 5.75 Å². The number of nitrogens with two attached hydrogens (primary N) is 4. The van der Waals surface area contributed by atoms with Gasteiger partial charge in [0, 0.05) is 54.7 Å². The average molecular weight is 724 g/mol. The predicted octanol–water partition coefficient (Wildman–Crippen LogP) is 3.80. The Morgan fingerprint density at radius 2 is 1.49 bits per heavy atom. The van der Waals surface area contributed by atoms with E-state index in [9.17, 15) is 24.3 Å². The fourth-order valence-electron chi connectivity index (χ4n) is 6.85. The van der Waals surface area contributed by atoms with Crippen LogP contribution in [0.4, 0.5) is 0 Å². The Morgan fingerprint density at radius 1 is 0.830 bits per heavy atom. The van der Waals surface area contributed by atoms with Gasteiger partial charge < -0.3 is 38.3 Å². The largest absolute Gasteiger partial charge is 0.508 e. The van der Waals surface area contributed by atoms with Gasteiger partial charge >= 0.3 is 0 Å². The number of carbonyl (C=O) groups is 4. The number of nitrogens with one attached hydrogen (secondary N) is 2.